The topological polar surface area (TPSA) is 105 Å². The summed E-state index contributed by atoms with van der Waals surface area (Å²) >= 11 is 11.9. The zero-order valence-corrected chi connectivity index (χ0v) is 20.0. The fraction of sp³-hybridized carbons (Fsp3) is 0.565. The highest BCUT2D eigenvalue weighted by molar-refractivity contribution is 6.42. The van der Waals surface area contributed by atoms with E-state index in [1.165, 1.54) is 6.08 Å². The fourth-order valence-electron chi connectivity index (χ4n) is 4.20. The summed E-state index contributed by atoms with van der Waals surface area (Å²) in [4.78, 5) is 30.3. The third-order valence-electron chi connectivity index (χ3n) is 6.20. The molecule has 2 heterocycles. The highest BCUT2D eigenvalue weighted by Crippen LogP contribution is 2.23. The second kappa shape index (κ2) is 12.1. The number of likely N-dealkylation sites (tertiary alicyclic amines) is 1. The van der Waals surface area contributed by atoms with Crippen molar-refractivity contribution in [2.75, 3.05) is 52.4 Å². The van der Waals surface area contributed by atoms with Gasteiger partial charge in [-0.1, -0.05) is 29.3 Å². The molecule has 10 heteroatoms. The minimum absolute atomic E-state index is 0.0440. The molecule has 2 aliphatic heterocycles. The molecule has 0 spiro atoms. The number of hydrogen-bond acceptors (Lipinski definition) is 6. The van der Waals surface area contributed by atoms with Gasteiger partial charge in [-0.3, -0.25) is 14.5 Å². The minimum Gasteiger partial charge on any atom is -0.396 e. The van der Waals surface area contributed by atoms with Crippen molar-refractivity contribution in [3.63, 3.8) is 0 Å². The second-order valence-corrected chi connectivity index (χ2v) is 9.45. The minimum atomic E-state index is -0.761. The molecule has 0 radical (unpaired) electrons. The van der Waals surface area contributed by atoms with Gasteiger partial charge in [-0.25, -0.2) is 0 Å². The van der Waals surface area contributed by atoms with Crippen molar-refractivity contribution in [3.05, 3.63) is 39.9 Å². The highest BCUT2D eigenvalue weighted by atomic mass is 35.5. The van der Waals surface area contributed by atoms with E-state index in [0.29, 0.717) is 55.7 Å². The molecule has 0 aromatic heterocycles. The Bertz CT molecular complexity index is 868. The molecule has 2 fully saturated rings. The summed E-state index contributed by atoms with van der Waals surface area (Å²) in [5, 5.41) is 30.7. The Labute approximate surface area is 204 Å². The Morgan fingerprint density at radius 2 is 1.94 bits per heavy atom. The fourth-order valence-corrected chi connectivity index (χ4v) is 4.51. The van der Waals surface area contributed by atoms with E-state index in [9.17, 15) is 24.9 Å². The zero-order valence-electron chi connectivity index (χ0n) is 18.4. The summed E-state index contributed by atoms with van der Waals surface area (Å²) in [6.07, 6.45) is 2.60. The Balaban J connectivity index is 1.49. The smallest absolute Gasteiger partial charge is 0.246 e. The molecule has 1 aromatic rings. The van der Waals surface area contributed by atoms with Gasteiger partial charge in [0.05, 0.1) is 22.3 Å². The number of carbonyl (C=O) groups excluding carboxylic acids is 2. The predicted molar refractivity (Wildman–Crippen MR) is 127 cm³/mol. The van der Waals surface area contributed by atoms with Gasteiger partial charge in [0.25, 0.3) is 0 Å². The van der Waals surface area contributed by atoms with Gasteiger partial charge < -0.3 is 25.1 Å². The number of carbonyl (C=O) groups is 2. The molecule has 2 aliphatic rings. The summed E-state index contributed by atoms with van der Waals surface area (Å²) in [5.41, 5.74) is 0.751. The molecule has 3 rings (SSSR count). The first-order valence-corrected chi connectivity index (χ1v) is 11.9. The van der Waals surface area contributed by atoms with Gasteiger partial charge in [-0.2, -0.15) is 0 Å². The SMILES string of the molecule is O=C(C=Cc1ccc(Cl)c(Cl)c1)N1CCC(=O)N(CC(O)CN2CCC(CO)C(O)C2)CC1. The van der Waals surface area contributed by atoms with Gasteiger partial charge in [-0.15, -0.1) is 0 Å². The zero-order chi connectivity index (χ0) is 24.0. The lowest BCUT2D eigenvalue weighted by Crippen LogP contribution is -2.49. The molecule has 8 nitrogen and oxygen atoms in total. The van der Waals surface area contributed by atoms with Gasteiger partial charge in [0.15, 0.2) is 0 Å². The van der Waals surface area contributed by atoms with Crippen molar-refractivity contribution >= 4 is 41.1 Å². The van der Waals surface area contributed by atoms with E-state index < -0.39 is 12.2 Å². The van der Waals surface area contributed by atoms with Crippen LogP contribution in [0.15, 0.2) is 24.3 Å². The lowest BCUT2D eigenvalue weighted by Gasteiger charge is -2.36. The van der Waals surface area contributed by atoms with Gasteiger partial charge in [0, 0.05) is 64.3 Å². The summed E-state index contributed by atoms with van der Waals surface area (Å²) in [7, 11) is 0. The van der Waals surface area contributed by atoms with Crippen LogP contribution in [0, 0.1) is 5.92 Å². The van der Waals surface area contributed by atoms with Crippen LogP contribution in [-0.2, 0) is 9.59 Å². The maximum atomic E-state index is 12.6. The standard InChI is InChI=1S/C23H31Cl2N3O5/c24-19-3-1-16(11-20(19)25)2-4-22(32)27-8-6-23(33)28(10-9-27)13-18(30)12-26-7-5-17(15-29)21(31)14-26/h1-4,11,17-18,21,29-31H,5-10,12-15H2. The third kappa shape index (κ3) is 7.40. The Hall–Kier alpha value is -1.68. The van der Waals surface area contributed by atoms with Crippen LogP contribution in [0.1, 0.15) is 18.4 Å². The van der Waals surface area contributed by atoms with E-state index in [0.717, 1.165) is 5.56 Å². The van der Waals surface area contributed by atoms with Gasteiger partial charge in [0.1, 0.15) is 0 Å². The van der Waals surface area contributed by atoms with Crippen LogP contribution >= 0.6 is 23.2 Å². The molecule has 3 unspecified atom stereocenters. The van der Waals surface area contributed by atoms with E-state index in [-0.39, 0.29) is 37.3 Å². The molecule has 2 amide bonds. The summed E-state index contributed by atoms with van der Waals surface area (Å²) in [5.74, 6) is -0.423. The van der Waals surface area contributed by atoms with E-state index >= 15 is 0 Å². The number of aliphatic hydroxyl groups is 3. The van der Waals surface area contributed by atoms with Crippen molar-refractivity contribution in [2.45, 2.75) is 25.0 Å². The second-order valence-electron chi connectivity index (χ2n) is 8.63. The van der Waals surface area contributed by atoms with Crippen LogP contribution in [0.3, 0.4) is 0 Å². The summed E-state index contributed by atoms with van der Waals surface area (Å²) < 4.78 is 0. The Morgan fingerprint density at radius 1 is 1.15 bits per heavy atom. The molecule has 0 saturated carbocycles. The van der Waals surface area contributed by atoms with Crippen LogP contribution in [0.2, 0.25) is 10.0 Å². The van der Waals surface area contributed by atoms with Gasteiger partial charge in [-0.05, 0) is 36.7 Å². The lowest BCUT2D eigenvalue weighted by atomic mass is 9.94. The number of nitrogens with zero attached hydrogens (tertiary/aromatic N) is 3. The van der Waals surface area contributed by atoms with E-state index in [1.807, 2.05) is 4.90 Å². The third-order valence-corrected chi connectivity index (χ3v) is 6.94. The van der Waals surface area contributed by atoms with E-state index in [1.54, 1.807) is 34.1 Å². The van der Waals surface area contributed by atoms with Crippen LogP contribution in [-0.4, -0.2) is 106 Å². The summed E-state index contributed by atoms with van der Waals surface area (Å²) in [6.45, 7) is 2.59. The number of amides is 2. The number of aliphatic hydroxyl groups excluding tert-OH is 3. The van der Waals surface area contributed by atoms with Gasteiger partial charge in [0.2, 0.25) is 11.8 Å². The molecule has 3 N–H and O–H groups in total. The number of hydrogen-bond donors (Lipinski definition) is 3. The highest BCUT2D eigenvalue weighted by Gasteiger charge is 2.29. The van der Waals surface area contributed by atoms with Gasteiger partial charge >= 0.3 is 0 Å². The maximum absolute atomic E-state index is 12.6. The van der Waals surface area contributed by atoms with Crippen molar-refractivity contribution in [3.8, 4) is 0 Å². The number of benzene rings is 1. The van der Waals surface area contributed by atoms with Crippen LogP contribution in [0.4, 0.5) is 0 Å². The molecule has 0 bridgehead atoms. The van der Waals surface area contributed by atoms with Crippen molar-refractivity contribution in [2.24, 2.45) is 5.92 Å². The van der Waals surface area contributed by atoms with E-state index in [2.05, 4.69) is 0 Å². The molecule has 3 atom stereocenters. The van der Waals surface area contributed by atoms with Crippen molar-refractivity contribution in [1.82, 2.24) is 14.7 Å². The lowest BCUT2D eigenvalue weighted by molar-refractivity contribution is -0.132. The van der Waals surface area contributed by atoms with Crippen LogP contribution < -0.4 is 0 Å². The molecule has 33 heavy (non-hydrogen) atoms. The maximum Gasteiger partial charge on any atom is 0.246 e. The largest absolute Gasteiger partial charge is 0.396 e. The molecular formula is C23H31Cl2N3O5. The van der Waals surface area contributed by atoms with E-state index in [4.69, 9.17) is 23.2 Å². The first kappa shape index (κ1) is 25.9. The van der Waals surface area contributed by atoms with Crippen LogP contribution in [0.5, 0.6) is 0 Å². The molecule has 0 aliphatic carbocycles. The molecule has 1 aromatic carbocycles. The average molecular weight is 500 g/mol. The molecule has 182 valence electrons. The Morgan fingerprint density at radius 3 is 2.64 bits per heavy atom. The average Bonchev–Trinajstić information content (AvgIpc) is 2.96. The first-order valence-electron chi connectivity index (χ1n) is 11.2. The monoisotopic (exact) mass is 499 g/mol. The summed E-state index contributed by atoms with van der Waals surface area (Å²) in [6, 6.07) is 5.10. The molecular weight excluding hydrogens is 469 g/mol. The van der Waals surface area contributed by atoms with Crippen LogP contribution in [0.25, 0.3) is 6.08 Å². The first-order chi connectivity index (χ1) is 15.8. The Kier molecular flexibility index (Phi) is 9.55. The van der Waals surface area contributed by atoms with Crippen molar-refractivity contribution < 1.29 is 24.9 Å². The number of piperidine rings is 1. The normalized spacial score (nSPS) is 23.7. The predicted octanol–water partition coefficient (Wildman–Crippen LogP) is 1.10. The van der Waals surface area contributed by atoms with Crippen molar-refractivity contribution in [1.29, 1.82) is 0 Å². The number of rotatable bonds is 7. The number of β-amino-alcohol motifs (C(OH)–C–C–N with tert-alkyl or cyclic N) is 2. The number of halogens is 2. The quantitative estimate of drug-likeness (QED) is 0.485. The molecule has 2 saturated heterocycles.